The Morgan fingerprint density at radius 2 is 0.534 bits per heavy atom. The van der Waals surface area contributed by atoms with Gasteiger partial charge in [-0.25, -0.2) is 0 Å². The third-order valence-corrected chi connectivity index (χ3v) is 13.1. The summed E-state index contributed by atoms with van der Waals surface area (Å²) in [5, 5.41) is 0. The lowest BCUT2D eigenvalue weighted by molar-refractivity contribution is -0.167. The molecule has 0 radical (unpaired) electrons. The first-order valence-electron chi connectivity index (χ1n) is 30.7. The Morgan fingerprint density at radius 1 is 0.288 bits per heavy atom. The van der Waals surface area contributed by atoms with E-state index < -0.39 is 6.10 Å². The number of hydrogen-bond acceptors (Lipinski definition) is 6. The molecule has 0 amide bonds. The van der Waals surface area contributed by atoms with E-state index in [0.29, 0.717) is 19.3 Å². The van der Waals surface area contributed by atoms with Crippen molar-refractivity contribution in [1.29, 1.82) is 0 Å². The molecule has 0 aliphatic rings. The van der Waals surface area contributed by atoms with E-state index in [4.69, 9.17) is 14.2 Å². The molecule has 0 saturated heterocycles. The highest BCUT2D eigenvalue weighted by atomic mass is 16.6. The van der Waals surface area contributed by atoms with Gasteiger partial charge in [-0.05, 0) is 96.3 Å². The van der Waals surface area contributed by atoms with Gasteiger partial charge in [-0.3, -0.25) is 14.4 Å². The normalized spacial score (nSPS) is 12.8. The van der Waals surface area contributed by atoms with Crippen LogP contribution in [0.2, 0.25) is 0 Å². The quantitative estimate of drug-likeness (QED) is 0.0261. The van der Waals surface area contributed by atoms with Gasteiger partial charge in [0.25, 0.3) is 0 Å². The lowest BCUT2D eigenvalue weighted by Gasteiger charge is -2.18. The van der Waals surface area contributed by atoms with Gasteiger partial charge in [0.1, 0.15) is 13.2 Å². The zero-order chi connectivity index (χ0) is 52.9. The van der Waals surface area contributed by atoms with E-state index >= 15 is 0 Å². The van der Waals surface area contributed by atoms with Gasteiger partial charge in [-0.2, -0.15) is 0 Å². The van der Waals surface area contributed by atoms with Gasteiger partial charge in [0, 0.05) is 19.3 Å². The molecule has 73 heavy (non-hydrogen) atoms. The fourth-order valence-electron chi connectivity index (χ4n) is 8.54. The molecule has 0 aromatic carbocycles. The smallest absolute Gasteiger partial charge is 0.306 e. The maximum absolute atomic E-state index is 12.9. The summed E-state index contributed by atoms with van der Waals surface area (Å²) in [7, 11) is 0. The summed E-state index contributed by atoms with van der Waals surface area (Å²) >= 11 is 0. The standard InChI is InChI=1S/C67H114O6/c1-4-7-10-13-16-19-22-25-27-29-30-31-32-33-34-35-36-38-39-42-45-48-51-54-57-60-66(69)72-63-64(62-71-65(68)59-56-53-50-47-44-41-24-21-18-15-12-9-6-3)73-67(70)61-58-55-52-49-46-43-40-37-28-26-23-20-17-14-11-8-5-2/h7-8,10-11,16-17,19-20,25-28,30-31,33-34,64H,4-6,9,12-15,18,21-24,29,32,35-63H2,1-3H3/b10-7-,11-8-,19-16-,20-17-,27-25-,28-26-,31-30-,34-33-. The third-order valence-electron chi connectivity index (χ3n) is 13.1. The first-order valence-corrected chi connectivity index (χ1v) is 30.7. The molecule has 0 saturated carbocycles. The Balaban J connectivity index is 4.34. The molecule has 418 valence electrons. The van der Waals surface area contributed by atoms with Gasteiger partial charge in [0.05, 0.1) is 0 Å². The van der Waals surface area contributed by atoms with Crippen molar-refractivity contribution in [2.75, 3.05) is 13.2 Å². The first-order chi connectivity index (χ1) is 36.0. The summed E-state index contributed by atoms with van der Waals surface area (Å²) in [5.41, 5.74) is 0. The molecule has 0 bridgehead atoms. The number of carbonyl (C=O) groups excluding carboxylic acids is 3. The molecular formula is C67H114O6. The highest BCUT2D eigenvalue weighted by molar-refractivity contribution is 5.71. The predicted octanol–water partition coefficient (Wildman–Crippen LogP) is 20.9. The Labute approximate surface area is 451 Å². The summed E-state index contributed by atoms with van der Waals surface area (Å²) in [5.74, 6) is -0.889. The van der Waals surface area contributed by atoms with Crippen LogP contribution in [-0.4, -0.2) is 37.2 Å². The van der Waals surface area contributed by atoms with Gasteiger partial charge in [-0.1, -0.05) is 272 Å². The Bertz CT molecular complexity index is 1440. The van der Waals surface area contributed by atoms with Gasteiger partial charge in [0.2, 0.25) is 0 Å². The molecule has 6 heteroatoms. The van der Waals surface area contributed by atoms with Crippen molar-refractivity contribution in [2.45, 2.75) is 297 Å². The molecule has 0 aromatic heterocycles. The topological polar surface area (TPSA) is 78.9 Å². The van der Waals surface area contributed by atoms with Gasteiger partial charge < -0.3 is 14.2 Å². The Morgan fingerprint density at radius 3 is 0.836 bits per heavy atom. The average Bonchev–Trinajstić information content (AvgIpc) is 3.39. The van der Waals surface area contributed by atoms with Crippen LogP contribution in [0.1, 0.15) is 290 Å². The number of hydrogen-bond donors (Lipinski definition) is 0. The van der Waals surface area contributed by atoms with Crippen LogP contribution in [0.3, 0.4) is 0 Å². The summed E-state index contributed by atoms with van der Waals surface area (Å²) in [6, 6.07) is 0. The molecule has 0 spiro atoms. The van der Waals surface area contributed by atoms with Crippen LogP contribution in [0, 0.1) is 0 Å². The van der Waals surface area contributed by atoms with Crippen molar-refractivity contribution >= 4 is 17.9 Å². The fraction of sp³-hybridized carbons (Fsp3) is 0.716. The Kier molecular flexibility index (Phi) is 57.8. The van der Waals surface area contributed by atoms with E-state index in [-0.39, 0.29) is 31.1 Å². The maximum Gasteiger partial charge on any atom is 0.306 e. The number of esters is 3. The van der Waals surface area contributed by atoms with Crippen molar-refractivity contribution in [1.82, 2.24) is 0 Å². The second kappa shape index (κ2) is 60.9. The second-order valence-corrected chi connectivity index (χ2v) is 20.2. The van der Waals surface area contributed by atoms with E-state index in [1.807, 2.05) is 0 Å². The van der Waals surface area contributed by atoms with Crippen molar-refractivity contribution in [3.8, 4) is 0 Å². The first kappa shape index (κ1) is 69.3. The van der Waals surface area contributed by atoms with Gasteiger partial charge >= 0.3 is 17.9 Å². The van der Waals surface area contributed by atoms with Crippen LogP contribution < -0.4 is 0 Å². The third kappa shape index (κ3) is 59.1. The summed E-state index contributed by atoms with van der Waals surface area (Å²) in [6.45, 7) is 6.42. The number of unbranched alkanes of at least 4 members (excludes halogenated alkanes) is 28. The lowest BCUT2D eigenvalue weighted by Crippen LogP contribution is -2.30. The summed E-state index contributed by atoms with van der Waals surface area (Å²) in [4.78, 5) is 38.2. The zero-order valence-corrected chi connectivity index (χ0v) is 47.9. The minimum atomic E-state index is -0.785. The van der Waals surface area contributed by atoms with E-state index in [1.54, 1.807) is 0 Å². The molecule has 0 aliphatic carbocycles. The van der Waals surface area contributed by atoms with E-state index in [1.165, 1.54) is 128 Å². The van der Waals surface area contributed by atoms with Crippen molar-refractivity contribution in [3.05, 3.63) is 97.2 Å². The average molecular weight is 1020 g/mol. The van der Waals surface area contributed by atoms with E-state index in [0.717, 1.165) is 122 Å². The second-order valence-electron chi connectivity index (χ2n) is 20.2. The number of rotatable bonds is 55. The largest absolute Gasteiger partial charge is 0.462 e. The van der Waals surface area contributed by atoms with E-state index in [2.05, 4.69) is 118 Å². The van der Waals surface area contributed by atoms with Crippen molar-refractivity contribution in [3.63, 3.8) is 0 Å². The molecular weight excluding hydrogens is 901 g/mol. The van der Waals surface area contributed by atoms with Crippen LogP contribution in [0.4, 0.5) is 0 Å². The SMILES string of the molecule is CC/C=C\C/C=C\C/C=C\C/C=C\C/C=C\CCCCCCCCCCCC(=O)OCC(COC(=O)CCCCCCCCCCCCCCC)OC(=O)CCCCCCCCC/C=C\C/C=C\C/C=C\CC. The van der Waals surface area contributed by atoms with Gasteiger partial charge in [-0.15, -0.1) is 0 Å². The minimum absolute atomic E-state index is 0.0811. The molecule has 0 N–H and O–H groups in total. The van der Waals surface area contributed by atoms with Crippen LogP contribution >= 0.6 is 0 Å². The van der Waals surface area contributed by atoms with Crippen LogP contribution in [-0.2, 0) is 28.6 Å². The molecule has 0 fully saturated rings. The van der Waals surface area contributed by atoms with Crippen LogP contribution in [0.15, 0.2) is 97.2 Å². The van der Waals surface area contributed by atoms with Gasteiger partial charge in [0.15, 0.2) is 6.10 Å². The number of carbonyl (C=O) groups is 3. The predicted molar refractivity (Wildman–Crippen MR) is 316 cm³/mol. The van der Waals surface area contributed by atoms with E-state index in [9.17, 15) is 14.4 Å². The van der Waals surface area contributed by atoms with Crippen molar-refractivity contribution in [2.24, 2.45) is 0 Å². The highest BCUT2D eigenvalue weighted by Gasteiger charge is 2.19. The minimum Gasteiger partial charge on any atom is -0.462 e. The Hall–Kier alpha value is -3.67. The number of allylic oxidation sites excluding steroid dienone is 16. The molecule has 0 heterocycles. The molecule has 6 nitrogen and oxygen atoms in total. The fourth-order valence-corrected chi connectivity index (χ4v) is 8.54. The molecule has 1 atom stereocenters. The molecule has 0 rings (SSSR count). The molecule has 0 aliphatic heterocycles. The van der Waals surface area contributed by atoms with Crippen LogP contribution in [0.5, 0.6) is 0 Å². The molecule has 1 unspecified atom stereocenters. The summed E-state index contributed by atoms with van der Waals surface area (Å²) < 4.78 is 16.9. The number of ether oxygens (including phenoxy) is 3. The molecule has 0 aromatic rings. The monoisotopic (exact) mass is 1010 g/mol. The lowest BCUT2D eigenvalue weighted by atomic mass is 10.0. The van der Waals surface area contributed by atoms with Crippen molar-refractivity contribution < 1.29 is 28.6 Å². The van der Waals surface area contributed by atoms with Crippen LogP contribution in [0.25, 0.3) is 0 Å². The summed E-state index contributed by atoms with van der Waals surface area (Å²) in [6.07, 6.45) is 81.1. The highest BCUT2D eigenvalue weighted by Crippen LogP contribution is 2.16. The zero-order valence-electron chi connectivity index (χ0n) is 47.9. The maximum atomic E-state index is 12.9.